The van der Waals surface area contributed by atoms with Crippen LogP contribution in [0.4, 0.5) is 4.39 Å². The summed E-state index contributed by atoms with van der Waals surface area (Å²) in [4.78, 5) is 4.09. The third kappa shape index (κ3) is 3.74. The van der Waals surface area contributed by atoms with Crippen molar-refractivity contribution < 1.29 is 17.5 Å². The fourth-order valence-corrected chi connectivity index (χ4v) is 5.38. The van der Waals surface area contributed by atoms with Gasteiger partial charge in [0.2, 0.25) is 9.84 Å². The van der Waals surface area contributed by atoms with Gasteiger partial charge in [-0.1, -0.05) is 35.3 Å². The predicted octanol–water partition coefficient (Wildman–Crippen LogP) is 6.19. The van der Waals surface area contributed by atoms with Crippen LogP contribution in [-0.4, -0.2) is 20.5 Å². The van der Waals surface area contributed by atoms with Gasteiger partial charge in [-0.25, -0.2) is 12.8 Å². The molecule has 1 aromatic heterocycles. The number of halogens is 3. The number of methoxy groups -OCH3 is 1. The average molecular weight is 462 g/mol. The van der Waals surface area contributed by atoms with Gasteiger partial charge in [-0.3, -0.25) is 4.98 Å². The van der Waals surface area contributed by atoms with Crippen molar-refractivity contribution in [3.8, 4) is 16.9 Å². The zero-order valence-corrected chi connectivity index (χ0v) is 17.9. The molecule has 4 aromatic rings. The van der Waals surface area contributed by atoms with Gasteiger partial charge in [-0.05, 0) is 48.0 Å². The maximum Gasteiger partial charge on any atom is 0.208 e. The highest BCUT2D eigenvalue weighted by molar-refractivity contribution is 7.91. The van der Waals surface area contributed by atoms with E-state index in [1.54, 1.807) is 31.4 Å². The quantitative estimate of drug-likeness (QED) is 0.363. The summed E-state index contributed by atoms with van der Waals surface area (Å²) in [5.74, 6) is 0.155. The molecule has 0 aliphatic rings. The minimum absolute atomic E-state index is 0.0369. The van der Waals surface area contributed by atoms with Crippen LogP contribution in [0, 0.1) is 5.82 Å². The molecule has 0 bridgehead atoms. The number of benzene rings is 3. The summed E-state index contributed by atoms with van der Waals surface area (Å²) in [5.41, 5.74) is 1.35. The topological polar surface area (TPSA) is 56.3 Å². The largest absolute Gasteiger partial charge is 0.497 e. The van der Waals surface area contributed by atoms with Crippen molar-refractivity contribution in [2.45, 2.75) is 9.79 Å². The molecule has 0 saturated carbocycles. The Bertz CT molecular complexity index is 1350. The Labute approximate surface area is 182 Å². The van der Waals surface area contributed by atoms with Gasteiger partial charge in [0, 0.05) is 33.3 Å². The molecule has 0 atom stereocenters. The molecule has 8 heteroatoms. The minimum Gasteiger partial charge on any atom is -0.497 e. The zero-order valence-electron chi connectivity index (χ0n) is 15.6. The first kappa shape index (κ1) is 20.6. The molecule has 4 rings (SSSR count). The van der Waals surface area contributed by atoms with Gasteiger partial charge in [0.1, 0.15) is 11.6 Å². The van der Waals surface area contributed by atoms with E-state index in [1.165, 1.54) is 42.6 Å². The summed E-state index contributed by atoms with van der Waals surface area (Å²) < 4.78 is 46.0. The molecule has 0 amide bonds. The van der Waals surface area contributed by atoms with Crippen LogP contribution in [0.25, 0.3) is 22.0 Å². The van der Waals surface area contributed by atoms with Crippen molar-refractivity contribution >= 4 is 43.9 Å². The van der Waals surface area contributed by atoms with Crippen LogP contribution < -0.4 is 4.74 Å². The van der Waals surface area contributed by atoms with Crippen LogP contribution in [0.5, 0.6) is 5.75 Å². The predicted molar refractivity (Wildman–Crippen MR) is 116 cm³/mol. The minimum atomic E-state index is -4.04. The van der Waals surface area contributed by atoms with Gasteiger partial charge in [-0.15, -0.1) is 0 Å². The van der Waals surface area contributed by atoms with E-state index in [2.05, 4.69) is 4.98 Å². The lowest BCUT2D eigenvalue weighted by molar-refractivity contribution is 0.415. The van der Waals surface area contributed by atoms with E-state index in [1.807, 2.05) is 0 Å². The summed E-state index contributed by atoms with van der Waals surface area (Å²) in [5, 5.41) is 0.890. The maximum atomic E-state index is 13.8. The van der Waals surface area contributed by atoms with Crippen LogP contribution in [0.3, 0.4) is 0 Å². The van der Waals surface area contributed by atoms with Gasteiger partial charge < -0.3 is 4.74 Å². The van der Waals surface area contributed by atoms with Crippen LogP contribution in [0.2, 0.25) is 10.0 Å². The van der Waals surface area contributed by atoms with E-state index >= 15 is 0 Å². The highest BCUT2D eigenvalue weighted by atomic mass is 35.5. The Morgan fingerprint density at radius 1 is 0.933 bits per heavy atom. The Morgan fingerprint density at radius 3 is 2.23 bits per heavy atom. The Balaban J connectivity index is 2.05. The summed E-state index contributed by atoms with van der Waals surface area (Å²) >= 11 is 12.1. The molecule has 4 nitrogen and oxygen atoms in total. The van der Waals surface area contributed by atoms with E-state index in [-0.39, 0.29) is 19.8 Å². The lowest BCUT2D eigenvalue weighted by Gasteiger charge is -2.14. The second-order valence-corrected chi connectivity index (χ2v) is 9.29. The molecular weight excluding hydrogens is 448 g/mol. The normalized spacial score (nSPS) is 11.6. The van der Waals surface area contributed by atoms with Crippen molar-refractivity contribution in [3.05, 3.63) is 82.7 Å². The lowest BCUT2D eigenvalue weighted by Crippen LogP contribution is -2.06. The number of aromatic nitrogens is 1. The molecule has 0 fully saturated rings. The molecule has 0 aliphatic carbocycles. The number of fused-ring (bicyclic) bond motifs is 1. The first-order valence-electron chi connectivity index (χ1n) is 8.73. The van der Waals surface area contributed by atoms with Crippen molar-refractivity contribution in [1.29, 1.82) is 0 Å². The highest BCUT2D eigenvalue weighted by Gasteiger charge is 2.25. The van der Waals surface area contributed by atoms with E-state index < -0.39 is 15.7 Å². The van der Waals surface area contributed by atoms with Crippen LogP contribution in [-0.2, 0) is 9.84 Å². The monoisotopic (exact) mass is 461 g/mol. The summed E-state index contributed by atoms with van der Waals surface area (Å²) in [6.45, 7) is 0. The van der Waals surface area contributed by atoms with Crippen molar-refractivity contribution in [1.82, 2.24) is 4.98 Å². The first-order chi connectivity index (χ1) is 14.3. The van der Waals surface area contributed by atoms with E-state index in [9.17, 15) is 12.8 Å². The molecule has 0 saturated heterocycles. The third-order valence-electron chi connectivity index (χ3n) is 4.61. The molecule has 0 unspecified atom stereocenters. The van der Waals surface area contributed by atoms with Crippen LogP contribution in [0.15, 0.2) is 76.7 Å². The second-order valence-electron chi connectivity index (χ2n) is 6.50. The Morgan fingerprint density at radius 2 is 1.60 bits per heavy atom. The standard InChI is InChI=1S/C22H14Cl2FNO3S/c1-29-17-5-2-13(3-6-17)22-19-7-4-16(25)11-20(19)26-12-21(22)30(27,28)18-9-14(23)8-15(24)10-18/h2-12H,1H3. The number of hydrogen-bond acceptors (Lipinski definition) is 4. The van der Waals surface area contributed by atoms with Crippen LogP contribution in [0.1, 0.15) is 0 Å². The molecule has 152 valence electrons. The number of hydrogen-bond donors (Lipinski definition) is 0. The first-order valence-corrected chi connectivity index (χ1v) is 11.0. The van der Waals surface area contributed by atoms with Gasteiger partial charge in [0.15, 0.2) is 0 Å². The van der Waals surface area contributed by atoms with Gasteiger partial charge in [0.05, 0.1) is 22.4 Å². The molecule has 0 radical (unpaired) electrons. The molecule has 3 aromatic carbocycles. The van der Waals surface area contributed by atoms with Crippen LogP contribution >= 0.6 is 23.2 Å². The maximum absolute atomic E-state index is 13.8. The van der Waals surface area contributed by atoms with Gasteiger partial charge in [0.25, 0.3) is 0 Å². The second kappa shape index (κ2) is 7.87. The number of rotatable bonds is 4. The SMILES string of the molecule is COc1ccc(-c2c(S(=O)(=O)c3cc(Cl)cc(Cl)c3)cnc3cc(F)ccc23)cc1. The number of nitrogens with zero attached hydrogens (tertiary/aromatic N) is 1. The molecular formula is C22H14Cl2FNO3S. The summed E-state index contributed by atoms with van der Waals surface area (Å²) in [6, 6.07) is 15.1. The average Bonchev–Trinajstić information content (AvgIpc) is 2.72. The van der Waals surface area contributed by atoms with Gasteiger partial charge in [-0.2, -0.15) is 0 Å². The lowest BCUT2D eigenvalue weighted by atomic mass is 10.0. The summed E-state index contributed by atoms with van der Waals surface area (Å²) in [7, 11) is -2.50. The highest BCUT2D eigenvalue weighted by Crippen LogP contribution is 2.38. The number of pyridine rings is 1. The van der Waals surface area contributed by atoms with Crippen molar-refractivity contribution in [3.63, 3.8) is 0 Å². The van der Waals surface area contributed by atoms with Gasteiger partial charge >= 0.3 is 0 Å². The third-order valence-corrected chi connectivity index (χ3v) is 6.79. The zero-order chi connectivity index (χ0) is 21.5. The Kier molecular flexibility index (Phi) is 5.40. The van der Waals surface area contributed by atoms with E-state index in [0.29, 0.717) is 27.8 Å². The molecule has 30 heavy (non-hydrogen) atoms. The molecule has 0 N–H and O–H groups in total. The number of ether oxygens (including phenoxy) is 1. The number of sulfone groups is 1. The summed E-state index contributed by atoms with van der Waals surface area (Å²) in [6.07, 6.45) is 1.23. The fourth-order valence-electron chi connectivity index (χ4n) is 3.22. The van der Waals surface area contributed by atoms with Crippen molar-refractivity contribution in [2.75, 3.05) is 7.11 Å². The smallest absolute Gasteiger partial charge is 0.208 e. The van der Waals surface area contributed by atoms with E-state index in [0.717, 1.165) is 0 Å². The van der Waals surface area contributed by atoms with Crippen molar-refractivity contribution in [2.24, 2.45) is 0 Å². The molecule has 0 spiro atoms. The Hall–Kier alpha value is -2.67. The molecule has 0 aliphatic heterocycles. The van der Waals surface area contributed by atoms with E-state index in [4.69, 9.17) is 27.9 Å². The fraction of sp³-hybridized carbons (Fsp3) is 0.0455. The molecule has 1 heterocycles.